The van der Waals surface area contributed by atoms with Gasteiger partial charge in [0.1, 0.15) is 0 Å². The number of hydrogen-bond acceptors (Lipinski definition) is 1. The molecule has 2 nitrogen and oxygen atoms in total. The molecule has 0 saturated heterocycles. The summed E-state index contributed by atoms with van der Waals surface area (Å²) in [7, 11) is 0. The summed E-state index contributed by atoms with van der Waals surface area (Å²) in [6.07, 6.45) is 0. The van der Waals surface area contributed by atoms with E-state index in [9.17, 15) is 4.79 Å². The van der Waals surface area contributed by atoms with E-state index in [-0.39, 0.29) is 11.9 Å². The Hall–Kier alpha value is -1.80. The van der Waals surface area contributed by atoms with Crippen molar-refractivity contribution >= 4 is 17.5 Å². The Labute approximate surface area is 131 Å². The van der Waals surface area contributed by atoms with Gasteiger partial charge in [-0.05, 0) is 49.6 Å². The van der Waals surface area contributed by atoms with Gasteiger partial charge in [0.25, 0.3) is 5.91 Å². The first-order valence-corrected chi connectivity index (χ1v) is 7.57. The first-order valence-electron chi connectivity index (χ1n) is 7.04. The van der Waals surface area contributed by atoms with E-state index >= 15 is 0 Å². The fraction of sp³-hybridized carbons (Fsp3) is 0.278. The van der Waals surface area contributed by atoms with Crippen LogP contribution < -0.4 is 5.32 Å². The maximum Gasteiger partial charge on any atom is 0.251 e. The zero-order valence-electron chi connectivity index (χ0n) is 12.6. The zero-order valence-corrected chi connectivity index (χ0v) is 13.4. The summed E-state index contributed by atoms with van der Waals surface area (Å²) in [6, 6.07) is 13.6. The van der Waals surface area contributed by atoms with E-state index in [1.54, 1.807) is 0 Å². The highest BCUT2D eigenvalue weighted by molar-refractivity contribution is 6.17. The number of alkyl halides is 1. The molecule has 1 unspecified atom stereocenters. The first-order chi connectivity index (χ1) is 10.0. The molecule has 110 valence electrons. The minimum absolute atomic E-state index is 0.0231. The van der Waals surface area contributed by atoms with Gasteiger partial charge in [-0.2, -0.15) is 0 Å². The predicted octanol–water partition coefficient (Wildman–Crippen LogP) is 4.53. The number of benzene rings is 2. The normalized spacial score (nSPS) is 12.0. The number of carbonyl (C=O) groups is 1. The van der Waals surface area contributed by atoms with E-state index in [4.69, 9.17) is 11.6 Å². The fourth-order valence-electron chi connectivity index (χ4n) is 2.33. The van der Waals surface area contributed by atoms with Crippen LogP contribution in [0.25, 0.3) is 0 Å². The van der Waals surface area contributed by atoms with Gasteiger partial charge in [0.2, 0.25) is 0 Å². The highest BCUT2D eigenvalue weighted by Gasteiger charge is 2.13. The van der Waals surface area contributed by atoms with Gasteiger partial charge in [-0.15, -0.1) is 11.6 Å². The summed E-state index contributed by atoms with van der Waals surface area (Å²) in [4.78, 5) is 12.3. The maximum absolute atomic E-state index is 12.3. The Balaban J connectivity index is 2.12. The molecule has 0 spiro atoms. The molecule has 0 bridgehead atoms. The van der Waals surface area contributed by atoms with E-state index in [0.717, 1.165) is 11.1 Å². The van der Waals surface area contributed by atoms with Crippen LogP contribution in [-0.2, 0) is 5.88 Å². The molecule has 3 heteroatoms. The second-order valence-corrected chi connectivity index (χ2v) is 5.65. The van der Waals surface area contributed by atoms with Crippen molar-refractivity contribution in [3.63, 3.8) is 0 Å². The van der Waals surface area contributed by atoms with Crippen LogP contribution in [0.4, 0.5) is 0 Å². The second-order valence-electron chi connectivity index (χ2n) is 5.39. The number of hydrogen-bond donors (Lipinski definition) is 1. The van der Waals surface area contributed by atoms with E-state index in [1.165, 1.54) is 11.1 Å². The molecule has 1 N–H and O–H groups in total. The molecule has 1 atom stereocenters. The lowest BCUT2D eigenvalue weighted by molar-refractivity contribution is 0.0940. The molecule has 2 rings (SSSR count). The molecule has 0 aliphatic heterocycles. The topological polar surface area (TPSA) is 29.1 Å². The molecule has 2 aromatic rings. The minimum Gasteiger partial charge on any atom is -0.346 e. The largest absolute Gasteiger partial charge is 0.346 e. The molecule has 2 aromatic carbocycles. The minimum atomic E-state index is -0.0653. The van der Waals surface area contributed by atoms with Crippen LogP contribution >= 0.6 is 11.6 Å². The number of halogens is 1. The lowest BCUT2D eigenvalue weighted by Gasteiger charge is -2.17. The lowest BCUT2D eigenvalue weighted by Crippen LogP contribution is -2.27. The van der Waals surface area contributed by atoms with E-state index in [2.05, 4.69) is 37.4 Å². The molecule has 0 aliphatic rings. The van der Waals surface area contributed by atoms with Crippen LogP contribution in [0.15, 0.2) is 42.5 Å². The summed E-state index contributed by atoms with van der Waals surface area (Å²) in [5, 5.41) is 3.05. The van der Waals surface area contributed by atoms with Crippen molar-refractivity contribution < 1.29 is 4.79 Å². The average molecular weight is 302 g/mol. The molecule has 1 amide bonds. The van der Waals surface area contributed by atoms with Crippen LogP contribution in [0.5, 0.6) is 0 Å². The number of nitrogens with one attached hydrogen (secondary N) is 1. The summed E-state index contributed by atoms with van der Waals surface area (Å²) in [5.41, 5.74) is 5.20. The Kier molecular flexibility index (Phi) is 5.03. The molecule has 0 saturated carbocycles. The van der Waals surface area contributed by atoms with Crippen molar-refractivity contribution in [1.29, 1.82) is 0 Å². The molecule has 0 fully saturated rings. The van der Waals surface area contributed by atoms with E-state index in [1.807, 2.05) is 31.2 Å². The first kappa shape index (κ1) is 15.6. The van der Waals surface area contributed by atoms with E-state index < -0.39 is 0 Å². The SMILES string of the molecule is Cc1ccc(C)c(C(C)NC(=O)c2ccc(CCl)cc2)c1. The predicted molar refractivity (Wildman–Crippen MR) is 87.8 cm³/mol. The standard InChI is InChI=1S/C18H20ClNO/c1-12-4-5-13(2)17(10-12)14(3)20-18(21)16-8-6-15(11-19)7-9-16/h4-10,14H,11H2,1-3H3,(H,20,21). The number of rotatable bonds is 4. The lowest BCUT2D eigenvalue weighted by atomic mass is 9.99. The van der Waals surface area contributed by atoms with Crippen molar-refractivity contribution in [2.45, 2.75) is 32.7 Å². The number of carbonyl (C=O) groups excluding carboxylic acids is 1. The monoisotopic (exact) mass is 301 g/mol. The van der Waals surface area contributed by atoms with Crippen LogP contribution in [-0.4, -0.2) is 5.91 Å². The van der Waals surface area contributed by atoms with Crippen LogP contribution in [0.3, 0.4) is 0 Å². The fourth-order valence-corrected chi connectivity index (χ4v) is 2.51. The quantitative estimate of drug-likeness (QED) is 0.826. The summed E-state index contributed by atoms with van der Waals surface area (Å²) < 4.78 is 0. The third-order valence-electron chi connectivity index (χ3n) is 3.62. The van der Waals surface area contributed by atoms with Crippen LogP contribution in [0, 0.1) is 13.8 Å². The number of aryl methyl sites for hydroxylation is 2. The van der Waals surface area contributed by atoms with Crippen molar-refractivity contribution in [3.05, 3.63) is 70.3 Å². The Bertz CT molecular complexity index is 634. The highest BCUT2D eigenvalue weighted by atomic mass is 35.5. The van der Waals surface area contributed by atoms with E-state index in [0.29, 0.717) is 11.4 Å². The van der Waals surface area contributed by atoms with Crippen molar-refractivity contribution in [2.75, 3.05) is 0 Å². The molecule has 21 heavy (non-hydrogen) atoms. The van der Waals surface area contributed by atoms with Crippen molar-refractivity contribution in [2.24, 2.45) is 0 Å². The second kappa shape index (κ2) is 6.77. The Morgan fingerprint density at radius 1 is 1.14 bits per heavy atom. The maximum atomic E-state index is 12.3. The van der Waals surface area contributed by atoms with Gasteiger partial charge < -0.3 is 5.32 Å². The van der Waals surface area contributed by atoms with Gasteiger partial charge in [0, 0.05) is 11.4 Å². The van der Waals surface area contributed by atoms with Crippen molar-refractivity contribution in [3.8, 4) is 0 Å². The molecular formula is C18H20ClNO. The Morgan fingerprint density at radius 3 is 2.43 bits per heavy atom. The average Bonchev–Trinajstić information content (AvgIpc) is 2.49. The molecule has 0 aromatic heterocycles. The van der Waals surface area contributed by atoms with Gasteiger partial charge in [0.05, 0.1) is 6.04 Å². The summed E-state index contributed by atoms with van der Waals surface area (Å²) in [6.45, 7) is 6.13. The van der Waals surface area contributed by atoms with Crippen LogP contribution in [0.2, 0.25) is 0 Å². The Morgan fingerprint density at radius 2 is 1.81 bits per heavy atom. The third kappa shape index (κ3) is 3.85. The van der Waals surface area contributed by atoms with Gasteiger partial charge in [0.15, 0.2) is 0 Å². The summed E-state index contributed by atoms with van der Waals surface area (Å²) >= 11 is 5.75. The van der Waals surface area contributed by atoms with Gasteiger partial charge in [-0.25, -0.2) is 0 Å². The molecular weight excluding hydrogens is 282 g/mol. The van der Waals surface area contributed by atoms with Gasteiger partial charge in [-0.3, -0.25) is 4.79 Å². The highest BCUT2D eigenvalue weighted by Crippen LogP contribution is 2.19. The summed E-state index contributed by atoms with van der Waals surface area (Å²) in [5.74, 6) is 0.394. The van der Waals surface area contributed by atoms with Gasteiger partial charge in [-0.1, -0.05) is 35.9 Å². The number of amides is 1. The molecule has 0 radical (unpaired) electrons. The van der Waals surface area contributed by atoms with Gasteiger partial charge >= 0.3 is 0 Å². The van der Waals surface area contributed by atoms with Crippen molar-refractivity contribution in [1.82, 2.24) is 5.32 Å². The smallest absolute Gasteiger partial charge is 0.251 e. The zero-order chi connectivity index (χ0) is 15.4. The molecule has 0 aliphatic carbocycles. The van der Waals surface area contributed by atoms with Crippen LogP contribution in [0.1, 0.15) is 45.6 Å². The third-order valence-corrected chi connectivity index (χ3v) is 3.93. The molecule has 0 heterocycles.